The van der Waals surface area contributed by atoms with E-state index in [-0.39, 0.29) is 0 Å². The van der Waals surface area contributed by atoms with Crippen molar-refractivity contribution in [2.45, 2.75) is 58.5 Å². The van der Waals surface area contributed by atoms with Crippen molar-refractivity contribution < 1.29 is 0 Å². The summed E-state index contributed by atoms with van der Waals surface area (Å²) >= 11 is 0. The van der Waals surface area contributed by atoms with Crippen LogP contribution in [0.15, 0.2) is 12.2 Å². The number of nitrogens with one attached hydrogen (secondary N) is 1. The van der Waals surface area contributed by atoms with Crippen LogP contribution in [0, 0.1) is 17.8 Å². The van der Waals surface area contributed by atoms with Gasteiger partial charge in [-0.05, 0) is 50.4 Å². The Morgan fingerprint density at radius 2 is 1.93 bits per heavy atom. The van der Waals surface area contributed by atoms with Crippen LogP contribution in [0.3, 0.4) is 0 Å². The molecular weight excluding hydrogens is 182 g/mol. The third kappa shape index (κ3) is 2.28. The Morgan fingerprint density at radius 1 is 1.20 bits per heavy atom. The summed E-state index contributed by atoms with van der Waals surface area (Å²) in [6.45, 7) is 6.96. The molecule has 0 aliphatic heterocycles. The molecule has 4 unspecified atom stereocenters. The van der Waals surface area contributed by atoms with Crippen molar-refractivity contribution >= 4 is 0 Å². The molecule has 0 saturated heterocycles. The SMILES string of the molecule is CCC(CC)NC(C)C1CC2C=CC1C2. The fourth-order valence-electron chi connectivity index (χ4n) is 3.42. The van der Waals surface area contributed by atoms with Crippen LogP contribution < -0.4 is 5.32 Å². The molecule has 2 bridgehead atoms. The van der Waals surface area contributed by atoms with E-state index in [1.165, 1.54) is 25.7 Å². The predicted octanol–water partition coefficient (Wildman–Crippen LogP) is 3.37. The average molecular weight is 207 g/mol. The van der Waals surface area contributed by atoms with Crippen LogP contribution in [0.25, 0.3) is 0 Å². The van der Waals surface area contributed by atoms with E-state index in [4.69, 9.17) is 0 Å². The number of hydrogen-bond donors (Lipinski definition) is 1. The van der Waals surface area contributed by atoms with Gasteiger partial charge in [0.15, 0.2) is 0 Å². The van der Waals surface area contributed by atoms with Crippen molar-refractivity contribution in [1.82, 2.24) is 5.32 Å². The molecule has 4 atom stereocenters. The molecule has 0 aromatic heterocycles. The summed E-state index contributed by atoms with van der Waals surface area (Å²) in [5.41, 5.74) is 0. The van der Waals surface area contributed by atoms with Gasteiger partial charge in [-0.2, -0.15) is 0 Å². The largest absolute Gasteiger partial charge is 0.311 e. The molecule has 0 heterocycles. The highest BCUT2D eigenvalue weighted by Crippen LogP contribution is 2.44. The van der Waals surface area contributed by atoms with E-state index in [1.807, 2.05) is 0 Å². The topological polar surface area (TPSA) is 12.0 Å². The summed E-state index contributed by atoms with van der Waals surface area (Å²) in [6.07, 6.45) is 10.3. The molecular formula is C14H25N. The Hall–Kier alpha value is -0.300. The van der Waals surface area contributed by atoms with Gasteiger partial charge in [0.1, 0.15) is 0 Å². The molecule has 2 aliphatic rings. The lowest BCUT2D eigenvalue weighted by atomic mass is 9.87. The van der Waals surface area contributed by atoms with Gasteiger partial charge in [-0.1, -0.05) is 26.0 Å². The van der Waals surface area contributed by atoms with Gasteiger partial charge in [-0.25, -0.2) is 0 Å². The summed E-state index contributed by atoms with van der Waals surface area (Å²) in [5, 5.41) is 3.81. The van der Waals surface area contributed by atoms with Crippen LogP contribution in [0.1, 0.15) is 46.5 Å². The van der Waals surface area contributed by atoms with Crippen molar-refractivity contribution in [3.8, 4) is 0 Å². The smallest absolute Gasteiger partial charge is 0.00754 e. The maximum absolute atomic E-state index is 3.81. The number of allylic oxidation sites excluding steroid dienone is 2. The lowest BCUT2D eigenvalue weighted by molar-refractivity contribution is 0.293. The van der Waals surface area contributed by atoms with Crippen LogP contribution in [0.4, 0.5) is 0 Å². The summed E-state index contributed by atoms with van der Waals surface area (Å²) in [5.74, 6) is 2.69. The number of fused-ring (bicyclic) bond motifs is 2. The van der Waals surface area contributed by atoms with Gasteiger partial charge in [-0.3, -0.25) is 0 Å². The molecule has 0 amide bonds. The zero-order valence-electron chi connectivity index (χ0n) is 10.4. The zero-order chi connectivity index (χ0) is 10.8. The lowest BCUT2D eigenvalue weighted by Gasteiger charge is -2.29. The van der Waals surface area contributed by atoms with E-state index in [1.54, 1.807) is 0 Å². The quantitative estimate of drug-likeness (QED) is 0.682. The lowest BCUT2D eigenvalue weighted by Crippen LogP contribution is -2.41. The Labute approximate surface area is 94.3 Å². The van der Waals surface area contributed by atoms with E-state index in [0.29, 0.717) is 6.04 Å². The number of rotatable bonds is 5. The van der Waals surface area contributed by atoms with Crippen LogP contribution in [-0.4, -0.2) is 12.1 Å². The van der Waals surface area contributed by atoms with Crippen molar-refractivity contribution in [2.24, 2.45) is 17.8 Å². The van der Waals surface area contributed by atoms with E-state index in [2.05, 4.69) is 38.2 Å². The second-order valence-electron chi connectivity index (χ2n) is 5.41. The van der Waals surface area contributed by atoms with Crippen molar-refractivity contribution in [3.63, 3.8) is 0 Å². The molecule has 0 aromatic carbocycles. The molecule has 15 heavy (non-hydrogen) atoms. The van der Waals surface area contributed by atoms with Gasteiger partial charge in [-0.15, -0.1) is 0 Å². The maximum Gasteiger partial charge on any atom is 0.00754 e. The first-order valence-corrected chi connectivity index (χ1v) is 6.69. The van der Waals surface area contributed by atoms with Crippen LogP contribution in [-0.2, 0) is 0 Å². The van der Waals surface area contributed by atoms with E-state index in [0.717, 1.165) is 23.8 Å². The molecule has 1 nitrogen and oxygen atoms in total. The standard InChI is InChI=1S/C14H25N/c1-4-13(5-2)15-10(3)14-9-11-6-7-12(14)8-11/h6-7,10-15H,4-5,8-9H2,1-3H3. The fraction of sp³-hybridized carbons (Fsp3) is 0.857. The van der Waals surface area contributed by atoms with Gasteiger partial charge in [0.25, 0.3) is 0 Å². The highest BCUT2D eigenvalue weighted by Gasteiger charge is 2.38. The number of hydrogen-bond acceptors (Lipinski definition) is 1. The van der Waals surface area contributed by atoms with Gasteiger partial charge >= 0.3 is 0 Å². The van der Waals surface area contributed by atoms with Crippen molar-refractivity contribution in [1.29, 1.82) is 0 Å². The minimum absolute atomic E-state index is 0.704. The summed E-state index contributed by atoms with van der Waals surface area (Å²) < 4.78 is 0. The second kappa shape index (κ2) is 4.69. The molecule has 0 spiro atoms. The highest BCUT2D eigenvalue weighted by atomic mass is 15.0. The Kier molecular flexibility index (Phi) is 3.50. The molecule has 1 fully saturated rings. The predicted molar refractivity (Wildman–Crippen MR) is 65.8 cm³/mol. The molecule has 2 rings (SSSR count). The normalized spacial score (nSPS) is 35.3. The zero-order valence-corrected chi connectivity index (χ0v) is 10.4. The van der Waals surface area contributed by atoms with Gasteiger partial charge in [0.2, 0.25) is 0 Å². The monoisotopic (exact) mass is 207 g/mol. The first-order valence-electron chi connectivity index (χ1n) is 6.69. The summed E-state index contributed by atoms with van der Waals surface area (Å²) in [7, 11) is 0. The summed E-state index contributed by atoms with van der Waals surface area (Å²) in [6, 6.07) is 1.43. The fourth-order valence-corrected chi connectivity index (χ4v) is 3.42. The first-order chi connectivity index (χ1) is 7.24. The van der Waals surface area contributed by atoms with Crippen LogP contribution in [0.5, 0.6) is 0 Å². The molecule has 86 valence electrons. The Bertz CT molecular complexity index is 229. The highest BCUT2D eigenvalue weighted by molar-refractivity contribution is 5.11. The molecule has 0 radical (unpaired) electrons. The van der Waals surface area contributed by atoms with Gasteiger partial charge in [0, 0.05) is 12.1 Å². The van der Waals surface area contributed by atoms with Crippen LogP contribution >= 0.6 is 0 Å². The van der Waals surface area contributed by atoms with Gasteiger partial charge < -0.3 is 5.32 Å². The second-order valence-corrected chi connectivity index (χ2v) is 5.41. The first kappa shape index (κ1) is 11.2. The minimum Gasteiger partial charge on any atom is -0.311 e. The minimum atomic E-state index is 0.704. The summed E-state index contributed by atoms with van der Waals surface area (Å²) in [4.78, 5) is 0. The van der Waals surface area contributed by atoms with E-state index < -0.39 is 0 Å². The average Bonchev–Trinajstić information content (AvgIpc) is 2.87. The van der Waals surface area contributed by atoms with Crippen LogP contribution in [0.2, 0.25) is 0 Å². The van der Waals surface area contributed by atoms with E-state index >= 15 is 0 Å². The maximum atomic E-state index is 3.81. The molecule has 1 N–H and O–H groups in total. The molecule has 0 aromatic rings. The van der Waals surface area contributed by atoms with Crippen molar-refractivity contribution in [3.05, 3.63) is 12.2 Å². The molecule has 2 aliphatic carbocycles. The van der Waals surface area contributed by atoms with Crippen molar-refractivity contribution in [2.75, 3.05) is 0 Å². The van der Waals surface area contributed by atoms with Gasteiger partial charge in [0.05, 0.1) is 0 Å². The molecule has 1 saturated carbocycles. The Morgan fingerprint density at radius 3 is 2.40 bits per heavy atom. The third-order valence-electron chi connectivity index (χ3n) is 4.46. The third-order valence-corrected chi connectivity index (χ3v) is 4.46. The van der Waals surface area contributed by atoms with E-state index in [9.17, 15) is 0 Å². The molecule has 1 heteroatoms. The Balaban J connectivity index is 1.86.